The largest absolute Gasteiger partial charge is 0.488 e. The molecule has 1 aliphatic rings. The van der Waals surface area contributed by atoms with Crippen LogP contribution in [0.1, 0.15) is 12.0 Å². The summed E-state index contributed by atoms with van der Waals surface area (Å²) in [5.74, 6) is -0.381. The molecule has 2 aromatic carbocycles. The van der Waals surface area contributed by atoms with E-state index in [0.717, 1.165) is 51.4 Å². The zero-order valence-corrected chi connectivity index (χ0v) is 20.9. The van der Waals surface area contributed by atoms with Crippen LogP contribution in [0.3, 0.4) is 0 Å². The maximum Gasteiger partial charge on any atom is 0.419 e. The van der Waals surface area contributed by atoms with E-state index in [0.29, 0.717) is 13.0 Å². The van der Waals surface area contributed by atoms with Gasteiger partial charge in [-0.05, 0) is 61.7 Å². The fourth-order valence-corrected chi connectivity index (χ4v) is 6.44. The highest BCUT2D eigenvalue weighted by Gasteiger charge is 2.36. The van der Waals surface area contributed by atoms with Crippen LogP contribution in [0.25, 0.3) is 10.4 Å². The summed E-state index contributed by atoms with van der Waals surface area (Å²) in [6.45, 7) is 1.22. The lowest BCUT2D eigenvalue weighted by Crippen LogP contribution is -2.23. The van der Waals surface area contributed by atoms with E-state index < -0.39 is 27.9 Å². The number of alkyl halides is 3. The van der Waals surface area contributed by atoms with E-state index in [1.165, 1.54) is 6.07 Å². The van der Waals surface area contributed by atoms with Crippen LogP contribution in [0.5, 0.6) is 5.75 Å². The second-order valence-electron chi connectivity index (χ2n) is 7.95. The zero-order valence-electron chi connectivity index (χ0n) is 18.4. The molecule has 182 valence electrons. The first-order valence-corrected chi connectivity index (χ1v) is 13.9. The van der Waals surface area contributed by atoms with Gasteiger partial charge in [0.05, 0.1) is 11.3 Å². The molecule has 1 N–H and O–H groups in total. The lowest BCUT2D eigenvalue weighted by atomic mass is 10.1. The monoisotopic (exact) mass is 528 g/mol. The molecule has 0 radical (unpaired) electrons. The van der Waals surface area contributed by atoms with Gasteiger partial charge in [0.2, 0.25) is 0 Å². The molecule has 1 atom stereocenters. The Bertz CT molecular complexity index is 1260. The van der Waals surface area contributed by atoms with Gasteiger partial charge in [-0.3, -0.25) is 4.72 Å². The molecule has 1 aliphatic heterocycles. The lowest BCUT2D eigenvalue weighted by Gasteiger charge is -2.19. The van der Waals surface area contributed by atoms with E-state index in [4.69, 9.17) is 4.74 Å². The number of likely N-dealkylation sites (N-methyl/N-ethyl adjacent to an activating group) is 1. The van der Waals surface area contributed by atoms with Gasteiger partial charge in [-0.1, -0.05) is 12.1 Å². The number of sulfonamides is 1. The third kappa shape index (κ3) is 5.70. The van der Waals surface area contributed by atoms with Crippen LogP contribution >= 0.6 is 23.1 Å². The molecule has 0 bridgehead atoms. The number of anilines is 1. The molecule has 1 saturated heterocycles. The number of nitrogens with one attached hydrogen (secondary N) is 1. The summed E-state index contributed by atoms with van der Waals surface area (Å²) in [4.78, 5) is 3.84. The van der Waals surface area contributed by atoms with E-state index in [9.17, 15) is 21.6 Å². The Hall–Kier alpha value is -2.21. The van der Waals surface area contributed by atoms with E-state index in [2.05, 4.69) is 4.72 Å². The third-order valence-corrected chi connectivity index (χ3v) is 9.15. The number of thiophene rings is 1. The molecule has 0 amide bonds. The summed E-state index contributed by atoms with van der Waals surface area (Å²) >= 11 is 2.70. The minimum atomic E-state index is -4.62. The number of halogens is 3. The van der Waals surface area contributed by atoms with Crippen molar-refractivity contribution in [2.75, 3.05) is 31.1 Å². The average Bonchev–Trinajstić information content (AvgIpc) is 3.43. The Morgan fingerprint density at radius 3 is 2.47 bits per heavy atom. The molecule has 4 rings (SSSR count). The molecule has 1 fully saturated rings. The first-order valence-electron chi connectivity index (χ1n) is 10.4. The predicted octanol–water partition coefficient (Wildman–Crippen LogP) is 6.04. The molecule has 1 unspecified atom stereocenters. The van der Waals surface area contributed by atoms with Gasteiger partial charge in [0.1, 0.15) is 16.1 Å². The minimum Gasteiger partial charge on any atom is -0.488 e. The first-order chi connectivity index (χ1) is 16.0. The number of nitrogens with zero attached hydrogens (tertiary/aromatic N) is 1. The summed E-state index contributed by atoms with van der Waals surface area (Å²) in [5, 5.41) is 0. The maximum absolute atomic E-state index is 13.5. The average molecular weight is 529 g/mol. The molecular weight excluding hydrogens is 505 g/mol. The third-order valence-electron chi connectivity index (χ3n) is 5.40. The Balaban J connectivity index is 1.57. The van der Waals surface area contributed by atoms with Crippen molar-refractivity contribution in [3.63, 3.8) is 0 Å². The van der Waals surface area contributed by atoms with Crippen LogP contribution in [0, 0.1) is 0 Å². The zero-order chi connectivity index (χ0) is 24.5. The van der Waals surface area contributed by atoms with Crippen molar-refractivity contribution in [1.29, 1.82) is 0 Å². The standard InChI is InChI=1S/C23H23F3N2O3S3/c1-28-12-11-17(14-28)31-20-13-16(5-8-19(20)23(24,25)26)27-34(29,30)22-10-9-21(33-22)15-3-6-18(32-2)7-4-15/h3-10,13,17,27H,11-12,14H2,1-2H3. The van der Waals surface area contributed by atoms with Crippen molar-refractivity contribution in [2.24, 2.45) is 0 Å². The summed E-state index contributed by atoms with van der Waals surface area (Å²) in [5.41, 5.74) is -0.0401. The molecule has 3 aromatic rings. The van der Waals surface area contributed by atoms with Crippen molar-refractivity contribution < 1.29 is 26.3 Å². The van der Waals surface area contributed by atoms with Gasteiger partial charge in [-0.2, -0.15) is 13.2 Å². The van der Waals surface area contributed by atoms with Crippen molar-refractivity contribution in [3.05, 3.63) is 60.2 Å². The Morgan fingerprint density at radius 1 is 1.12 bits per heavy atom. The number of hydrogen-bond acceptors (Lipinski definition) is 6. The van der Waals surface area contributed by atoms with Crippen molar-refractivity contribution in [1.82, 2.24) is 4.90 Å². The van der Waals surface area contributed by atoms with Crippen LogP contribution in [-0.4, -0.2) is 45.8 Å². The SMILES string of the molecule is CSc1ccc(-c2ccc(S(=O)(=O)Nc3ccc(C(F)(F)F)c(OC4CCN(C)C4)c3)s2)cc1. The maximum atomic E-state index is 13.5. The summed E-state index contributed by atoms with van der Waals surface area (Å²) in [6, 6.07) is 14.0. The van der Waals surface area contributed by atoms with Crippen LogP contribution < -0.4 is 9.46 Å². The van der Waals surface area contributed by atoms with Gasteiger partial charge < -0.3 is 9.64 Å². The fraction of sp³-hybridized carbons (Fsp3) is 0.304. The second kappa shape index (κ2) is 9.80. The number of likely N-dealkylation sites (tertiary alicyclic amines) is 1. The summed E-state index contributed by atoms with van der Waals surface area (Å²) in [6.07, 6.45) is -2.44. The van der Waals surface area contributed by atoms with Gasteiger partial charge in [0, 0.05) is 28.9 Å². The van der Waals surface area contributed by atoms with Crippen LogP contribution in [0.15, 0.2) is 63.7 Å². The van der Waals surface area contributed by atoms with Crippen LogP contribution in [0.4, 0.5) is 18.9 Å². The second-order valence-corrected chi connectivity index (χ2v) is 11.8. The summed E-state index contributed by atoms with van der Waals surface area (Å²) < 4.78 is 74.6. The number of hydrogen-bond donors (Lipinski definition) is 1. The van der Waals surface area contributed by atoms with Gasteiger partial charge in [0.15, 0.2) is 0 Å². The minimum absolute atomic E-state index is 0.00799. The van der Waals surface area contributed by atoms with Gasteiger partial charge in [-0.15, -0.1) is 23.1 Å². The normalized spacial score (nSPS) is 17.1. The van der Waals surface area contributed by atoms with Gasteiger partial charge in [0.25, 0.3) is 10.0 Å². The molecule has 0 saturated carbocycles. The highest BCUT2D eigenvalue weighted by atomic mass is 32.2. The van der Waals surface area contributed by atoms with Crippen molar-refractivity contribution in [2.45, 2.75) is 27.8 Å². The number of thioether (sulfide) groups is 1. The Labute approximate surface area is 205 Å². The highest BCUT2D eigenvalue weighted by molar-refractivity contribution is 7.98. The molecular formula is C23H23F3N2O3S3. The molecule has 0 spiro atoms. The quantitative estimate of drug-likeness (QED) is 0.379. The molecule has 11 heteroatoms. The Kier molecular flexibility index (Phi) is 7.18. The van der Waals surface area contributed by atoms with E-state index in [1.807, 2.05) is 42.5 Å². The number of benzene rings is 2. The topological polar surface area (TPSA) is 58.6 Å². The first kappa shape index (κ1) is 24.9. The molecule has 34 heavy (non-hydrogen) atoms. The van der Waals surface area contributed by atoms with Crippen molar-refractivity contribution in [3.8, 4) is 16.2 Å². The van der Waals surface area contributed by atoms with Gasteiger partial charge >= 0.3 is 6.18 Å². The Morgan fingerprint density at radius 2 is 1.85 bits per heavy atom. The van der Waals surface area contributed by atoms with E-state index >= 15 is 0 Å². The smallest absolute Gasteiger partial charge is 0.419 e. The van der Waals surface area contributed by atoms with Gasteiger partial charge in [-0.25, -0.2) is 8.42 Å². The van der Waals surface area contributed by atoms with E-state index in [-0.39, 0.29) is 15.6 Å². The molecule has 5 nitrogen and oxygen atoms in total. The molecule has 1 aromatic heterocycles. The summed E-state index contributed by atoms with van der Waals surface area (Å²) in [7, 11) is -2.13. The number of rotatable bonds is 7. The van der Waals surface area contributed by atoms with Crippen LogP contribution in [0.2, 0.25) is 0 Å². The van der Waals surface area contributed by atoms with Crippen LogP contribution in [-0.2, 0) is 16.2 Å². The van der Waals surface area contributed by atoms with E-state index in [1.54, 1.807) is 17.8 Å². The molecule has 2 heterocycles. The highest BCUT2D eigenvalue weighted by Crippen LogP contribution is 2.39. The lowest BCUT2D eigenvalue weighted by molar-refractivity contribution is -0.139. The molecule has 0 aliphatic carbocycles. The number of ether oxygens (including phenoxy) is 1. The fourth-order valence-electron chi connectivity index (χ4n) is 3.67. The predicted molar refractivity (Wildman–Crippen MR) is 130 cm³/mol. The van der Waals surface area contributed by atoms with Crippen molar-refractivity contribution >= 4 is 38.8 Å².